The highest BCUT2D eigenvalue weighted by atomic mass is 79.9. The zero-order valence-electron chi connectivity index (χ0n) is 4.94. The van der Waals surface area contributed by atoms with E-state index in [0.29, 0.717) is 4.47 Å². The fourth-order valence-electron chi connectivity index (χ4n) is 0.549. The van der Waals surface area contributed by atoms with Gasteiger partial charge in [0, 0.05) is 6.20 Å². The number of hydrogen-bond acceptors (Lipinski definition) is 3. The van der Waals surface area contributed by atoms with E-state index >= 15 is 0 Å². The predicted molar refractivity (Wildman–Crippen MR) is 39.7 cm³/mol. The molecule has 5 heteroatoms. The van der Waals surface area contributed by atoms with Crippen LogP contribution in [0.3, 0.4) is 0 Å². The van der Waals surface area contributed by atoms with E-state index in [1.165, 1.54) is 6.20 Å². The summed E-state index contributed by atoms with van der Waals surface area (Å²) in [5.41, 5.74) is 2.42. The van der Waals surface area contributed by atoms with Gasteiger partial charge in [-0.1, -0.05) is 0 Å². The third-order valence-corrected chi connectivity index (χ3v) is 1.60. The number of nitrogens with zero attached hydrogens (tertiary/aromatic N) is 1. The van der Waals surface area contributed by atoms with Gasteiger partial charge < -0.3 is 5.43 Å². The highest BCUT2D eigenvalue weighted by Gasteiger charge is 2.03. The third-order valence-electron chi connectivity index (χ3n) is 0.998. The van der Waals surface area contributed by atoms with Crippen LogP contribution in [0.2, 0.25) is 0 Å². The second-order valence-electron chi connectivity index (χ2n) is 1.62. The monoisotopic (exact) mass is 205 g/mol. The molecule has 0 bridgehead atoms. The fraction of sp³-hybridized carbons (Fsp3) is 0. The lowest BCUT2D eigenvalue weighted by Gasteiger charge is -2.01. The number of nitrogen functional groups attached to an aromatic ring is 1. The normalized spacial score (nSPS) is 9.50. The number of hydrogen-bond donors (Lipinski definition) is 2. The van der Waals surface area contributed by atoms with Gasteiger partial charge in [-0.15, -0.1) is 0 Å². The number of rotatable bonds is 1. The van der Waals surface area contributed by atoms with E-state index in [1.807, 2.05) is 0 Å². The Morgan fingerprint density at radius 3 is 2.70 bits per heavy atom. The second kappa shape index (κ2) is 2.94. The Hall–Kier alpha value is -0.680. The van der Waals surface area contributed by atoms with Crippen LogP contribution in [0.1, 0.15) is 0 Å². The van der Waals surface area contributed by atoms with E-state index in [1.54, 1.807) is 0 Å². The SMILES string of the molecule is NNc1c(F)cncc1Br. The molecule has 3 nitrogen and oxygen atoms in total. The summed E-state index contributed by atoms with van der Waals surface area (Å²) >= 11 is 3.06. The molecule has 1 rings (SSSR count). The molecule has 0 atom stereocenters. The predicted octanol–water partition coefficient (Wildman–Crippen LogP) is 1.27. The molecular weight excluding hydrogens is 201 g/mol. The van der Waals surface area contributed by atoms with Crippen molar-refractivity contribution in [3.8, 4) is 0 Å². The van der Waals surface area contributed by atoms with Gasteiger partial charge in [-0.05, 0) is 15.9 Å². The van der Waals surface area contributed by atoms with Crippen LogP contribution in [0, 0.1) is 5.82 Å². The van der Waals surface area contributed by atoms with Crippen molar-refractivity contribution < 1.29 is 4.39 Å². The Morgan fingerprint density at radius 2 is 2.30 bits per heavy atom. The first-order valence-corrected chi connectivity index (χ1v) is 3.30. The largest absolute Gasteiger partial charge is 0.320 e. The molecule has 0 amide bonds. The van der Waals surface area contributed by atoms with Crippen LogP contribution in [0.4, 0.5) is 10.1 Å². The summed E-state index contributed by atoms with van der Waals surface area (Å²) in [5, 5.41) is 0. The van der Waals surface area contributed by atoms with Gasteiger partial charge in [0.05, 0.1) is 10.7 Å². The van der Waals surface area contributed by atoms with Crippen molar-refractivity contribution in [1.82, 2.24) is 4.98 Å². The fourth-order valence-corrected chi connectivity index (χ4v) is 0.971. The zero-order valence-corrected chi connectivity index (χ0v) is 6.52. The summed E-state index contributed by atoms with van der Waals surface area (Å²) in [4.78, 5) is 3.57. The van der Waals surface area contributed by atoms with Crippen LogP contribution in [0.25, 0.3) is 0 Å². The average Bonchev–Trinajstić information content (AvgIpc) is 1.88. The molecule has 3 N–H and O–H groups in total. The van der Waals surface area contributed by atoms with E-state index in [4.69, 9.17) is 5.84 Å². The van der Waals surface area contributed by atoms with Gasteiger partial charge in [0.2, 0.25) is 0 Å². The third kappa shape index (κ3) is 1.25. The Kier molecular flexibility index (Phi) is 2.18. The Balaban J connectivity index is 3.17. The molecule has 0 saturated heterocycles. The van der Waals surface area contributed by atoms with Crippen LogP contribution in [0.5, 0.6) is 0 Å². The van der Waals surface area contributed by atoms with Gasteiger partial charge in [0.15, 0.2) is 5.82 Å². The van der Waals surface area contributed by atoms with Gasteiger partial charge in [0.25, 0.3) is 0 Å². The van der Waals surface area contributed by atoms with E-state index in [0.717, 1.165) is 6.20 Å². The lowest BCUT2D eigenvalue weighted by molar-refractivity contribution is 0.623. The van der Waals surface area contributed by atoms with Gasteiger partial charge in [-0.3, -0.25) is 10.8 Å². The van der Waals surface area contributed by atoms with Crippen molar-refractivity contribution in [2.75, 3.05) is 5.43 Å². The Morgan fingerprint density at radius 1 is 1.60 bits per heavy atom. The lowest BCUT2D eigenvalue weighted by Crippen LogP contribution is -2.09. The minimum atomic E-state index is -0.475. The van der Waals surface area contributed by atoms with Crippen LogP contribution in [-0.2, 0) is 0 Å². The summed E-state index contributed by atoms with van der Waals surface area (Å²) in [6.45, 7) is 0. The van der Waals surface area contributed by atoms with Crippen molar-refractivity contribution in [2.24, 2.45) is 5.84 Å². The minimum Gasteiger partial charge on any atom is -0.320 e. The number of nitrogens with two attached hydrogens (primary N) is 1. The maximum absolute atomic E-state index is 12.6. The van der Waals surface area contributed by atoms with E-state index in [2.05, 4.69) is 26.3 Å². The first-order chi connectivity index (χ1) is 4.75. The van der Waals surface area contributed by atoms with Crippen molar-refractivity contribution in [3.05, 3.63) is 22.7 Å². The van der Waals surface area contributed by atoms with E-state index < -0.39 is 5.82 Å². The average molecular weight is 206 g/mol. The summed E-state index contributed by atoms with van der Waals surface area (Å²) in [6.07, 6.45) is 2.54. The van der Waals surface area contributed by atoms with Gasteiger partial charge in [-0.2, -0.15) is 0 Å². The highest BCUT2D eigenvalue weighted by molar-refractivity contribution is 9.10. The maximum Gasteiger partial charge on any atom is 0.167 e. The van der Waals surface area contributed by atoms with E-state index in [9.17, 15) is 4.39 Å². The number of halogens is 2. The zero-order chi connectivity index (χ0) is 7.56. The van der Waals surface area contributed by atoms with Gasteiger partial charge in [0.1, 0.15) is 5.69 Å². The molecule has 0 aliphatic heterocycles. The number of anilines is 1. The Bertz CT molecular complexity index is 220. The molecule has 1 aromatic rings. The molecule has 0 spiro atoms. The van der Waals surface area contributed by atoms with Crippen LogP contribution >= 0.6 is 15.9 Å². The summed E-state index contributed by atoms with van der Waals surface area (Å²) < 4.78 is 13.1. The molecule has 0 aliphatic rings. The minimum absolute atomic E-state index is 0.218. The van der Waals surface area contributed by atoms with Crippen LogP contribution in [0.15, 0.2) is 16.9 Å². The summed E-state index contributed by atoms with van der Waals surface area (Å²) in [5.74, 6) is 4.53. The molecule has 0 unspecified atom stereocenters. The van der Waals surface area contributed by atoms with Crippen molar-refractivity contribution >= 4 is 21.6 Å². The van der Waals surface area contributed by atoms with Crippen molar-refractivity contribution in [1.29, 1.82) is 0 Å². The molecule has 0 aromatic carbocycles. The first-order valence-electron chi connectivity index (χ1n) is 2.51. The molecule has 0 radical (unpaired) electrons. The standard InChI is InChI=1S/C5H5BrFN3/c6-3-1-9-2-4(7)5(3)10-8/h1-2H,8H2,(H,9,10). The number of hydrazine groups is 1. The van der Waals surface area contributed by atoms with Gasteiger partial charge in [-0.25, -0.2) is 4.39 Å². The first kappa shape index (κ1) is 7.43. The molecule has 0 aliphatic carbocycles. The van der Waals surface area contributed by atoms with E-state index in [-0.39, 0.29) is 5.69 Å². The smallest absolute Gasteiger partial charge is 0.167 e. The Labute approximate surface area is 65.5 Å². The quantitative estimate of drug-likeness (QED) is 0.537. The topological polar surface area (TPSA) is 50.9 Å². The molecule has 10 heavy (non-hydrogen) atoms. The number of aromatic nitrogens is 1. The molecule has 1 heterocycles. The van der Waals surface area contributed by atoms with Crippen molar-refractivity contribution in [2.45, 2.75) is 0 Å². The summed E-state index contributed by atoms with van der Waals surface area (Å²) in [7, 11) is 0. The maximum atomic E-state index is 12.6. The van der Waals surface area contributed by atoms with Crippen molar-refractivity contribution in [3.63, 3.8) is 0 Å². The number of nitrogens with one attached hydrogen (secondary N) is 1. The lowest BCUT2D eigenvalue weighted by atomic mass is 10.4. The molecule has 1 aromatic heterocycles. The highest BCUT2D eigenvalue weighted by Crippen LogP contribution is 2.22. The van der Waals surface area contributed by atoms with Crippen LogP contribution < -0.4 is 11.3 Å². The molecular formula is C5H5BrFN3. The van der Waals surface area contributed by atoms with Crippen LogP contribution in [-0.4, -0.2) is 4.98 Å². The second-order valence-corrected chi connectivity index (χ2v) is 2.48. The van der Waals surface area contributed by atoms with Gasteiger partial charge >= 0.3 is 0 Å². The molecule has 54 valence electrons. The molecule has 0 saturated carbocycles. The number of pyridine rings is 1. The summed E-state index contributed by atoms with van der Waals surface area (Å²) in [6, 6.07) is 0. The molecule has 0 fully saturated rings.